The molecule has 9 heteroatoms. The molecule has 0 aliphatic heterocycles. The summed E-state index contributed by atoms with van der Waals surface area (Å²) in [5, 5.41) is 7.72. The van der Waals surface area contributed by atoms with E-state index >= 15 is 0 Å². The molecule has 2 aromatic carbocycles. The third-order valence-corrected chi connectivity index (χ3v) is 9.03. The highest BCUT2D eigenvalue weighted by Gasteiger charge is 2.19. The Morgan fingerprint density at radius 2 is 1.89 bits per heavy atom. The summed E-state index contributed by atoms with van der Waals surface area (Å²) in [5.41, 5.74) is 10.8. The average molecular weight is 558 g/mol. The summed E-state index contributed by atoms with van der Waals surface area (Å²) in [6.07, 6.45) is 7.49. The van der Waals surface area contributed by atoms with Crippen LogP contribution in [0.4, 0.5) is 27.5 Å². The molecule has 0 radical (unpaired) electrons. The van der Waals surface area contributed by atoms with E-state index in [2.05, 4.69) is 38.8 Å². The van der Waals surface area contributed by atoms with Crippen molar-refractivity contribution in [3.8, 4) is 0 Å². The zero-order valence-electron chi connectivity index (χ0n) is 22.4. The Balaban J connectivity index is 1.45. The fourth-order valence-electron chi connectivity index (χ4n) is 5.04. The number of benzene rings is 2. The molecule has 0 amide bonds. The van der Waals surface area contributed by atoms with E-state index in [9.17, 15) is 8.96 Å². The molecule has 0 spiro atoms. The summed E-state index contributed by atoms with van der Waals surface area (Å²) >= 11 is 6.42. The molecule has 1 aliphatic carbocycles. The van der Waals surface area contributed by atoms with Crippen molar-refractivity contribution < 1.29 is 8.96 Å². The Hall–Kier alpha value is -2.47. The molecular weight excluding hydrogens is 520 g/mol. The van der Waals surface area contributed by atoms with Crippen LogP contribution in [-0.2, 0) is 17.4 Å². The molecule has 38 heavy (non-hydrogen) atoms. The largest absolute Gasteiger partial charge is 0.338 e. The number of hydrogen-bond donors (Lipinski definition) is 3. The number of rotatable bonds is 10. The number of fused-ring (bicyclic) bond motifs is 1. The van der Waals surface area contributed by atoms with E-state index in [1.54, 1.807) is 19.5 Å². The normalized spacial score (nSPS) is 16.4. The number of aryl methyl sites for hydroxylation is 3. The Morgan fingerprint density at radius 3 is 2.63 bits per heavy atom. The molecule has 2 atom stereocenters. The number of nitrogens with one attached hydrogen (secondary N) is 2. The monoisotopic (exact) mass is 557 g/mol. The van der Waals surface area contributed by atoms with Gasteiger partial charge in [0.15, 0.2) is 5.82 Å². The molecule has 0 unspecified atom stereocenters. The van der Waals surface area contributed by atoms with E-state index in [-0.39, 0.29) is 6.54 Å². The van der Waals surface area contributed by atoms with Crippen molar-refractivity contribution in [3.05, 3.63) is 64.3 Å². The lowest BCUT2D eigenvalue weighted by Gasteiger charge is -2.17. The molecule has 204 valence electrons. The first-order valence-electron chi connectivity index (χ1n) is 13.3. The van der Waals surface area contributed by atoms with E-state index in [1.807, 2.05) is 25.1 Å². The van der Waals surface area contributed by atoms with E-state index in [0.717, 1.165) is 60.8 Å². The molecular formula is C29H38ClFN5OP. The van der Waals surface area contributed by atoms with Crippen molar-refractivity contribution in [1.82, 2.24) is 9.97 Å². The first-order chi connectivity index (χ1) is 18.1. The van der Waals surface area contributed by atoms with E-state index in [1.165, 1.54) is 11.1 Å². The SMILES string of the molecule is Cc1ccc(Nc2nc(Nc3ccc4c(c3)CC[C@@H](CCC[C@H](F)CN)CC4)ncc2Cl)c(P(C)(C)=O)c1. The summed E-state index contributed by atoms with van der Waals surface area (Å²) < 4.78 is 26.4. The van der Waals surface area contributed by atoms with Gasteiger partial charge in [-0.2, -0.15) is 4.98 Å². The van der Waals surface area contributed by atoms with Gasteiger partial charge >= 0.3 is 0 Å². The van der Waals surface area contributed by atoms with Crippen LogP contribution in [0.1, 0.15) is 48.8 Å². The molecule has 3 aromatic rings. The zero-order chi connectivity index (χ0) is 27.3. The summed E-state index contributed by atoms with van der Waals surface area (Å²) in [5.74, 6) is 1.49. The molecule has 0 fully saturated rings. The summed E-state index contributed by atoms with van der Waals surface area (Å²) in [7, 11) is -2.52. The summed E-state index contributed by atoms with van der Waals surface area (Å²) in [6, 6.07) is 12.2. The van der Waals surface area contributed by atoms with Crippen LogP contribution in [0.15, 0.2) is 42.6 Å². The maximum atomic E-state index is 13.5. The number of halogens is 2. The van der Waals surface area contributed by atoms with Gasteiger partial charge in [-0.1, -0.05) is 42.1 Å². The van der Waals surface area contributed by atoms with Crippen molar-refractivity contribution in [2.24, 2.45) is 11.7 Å². The number of alkyl halides is 1. The number of nitrogens with two attached hydrogens (primary N) is 1. The quantitative estimate of drug-likeness (QED) is 0.181. The highest BCUT2D eigenvalue weighted by molar-refractivity contribution is 7.70. The van der Waals surface area contributed by atoms with Gasteiger partial charge in [-0.05, 0) is 93.7 Å². The Morgan fingerprint density at radius 1 is 1.13 bits per heavy atom. The van der Waals surface area contributed by atoms with Crippen LogP contribution < -0.4 is 21.7 Å². The predicted molar refractivity (Wildman–Crippen MR) is 158 cm³/mol. The Kier molecular flexibility index (Phi) is 9.45. The van der Waals surface area contributed by atoms with Gasteiger partial charge in [0.1, 0.15) is 18.3 Å². The third-order valence-electron chi connectivity index (χ3n) is 7.22. The van der Waals surface area contributed by atoms with Crippen molar-refractivity contribution in [3.63, 3.8) is 0 Å². The fraction of sp³-hybridized carbons (Fsp3) is 0.448. The number of aromatic nitrogens is 2. The average Bonchev–Trinajstić information content (AvgIpc) is 3.08. The van der Waals surface area contributed by atoms with Crippen LogP contribution in [0.3, 0.4) is 0 Å². The van der Waals surface area contributed by atoms with Crippen molar-refractivity contribution in [2.75, 3.05) is 30.5 Å². The number of anilines is 4. The first-order valence-corrected chi connectivity index (χ1v) is 16.3. The van der Waals surface area contributed by atoms with Gasteiger partial charge in [-0.15, -0.1) is 0 Å². The van der Waals surface area contributed by atoms with Crippen LogP contribution >= 0.6 is 18.7 Å². The lowest BCUT2D eigenvalue weighted by atomic mass is 9.93. The minimum absolute atomic E-state index is 0.118. The molecule has 0 saturated carbocycles. The summed E-state index contributed by atoms with van der Waals surface area (Å²) in [4.78, 5) is 8.98. The number of nitrogens with zero attached hydrogens (tertiary/aromatic N) is 2. The smallest absolute Gasteiger partial charge is 0.229 e. The van der Waals surface area contributed by atoms with Crippen molar-refractivity contribution >= 4 is 47.2 Å². The van der Waals surface area contributed by atoms with Crippen LogP contribution in [-0.4, -0.2) is 36.0 Å². The van der Waals surface area contributed by atoms with Gasteiger partial charge in [0.2, 0.25) is 5.95 Å². The van der Waals surface area contributed by atoms with Crippen LogP contribution in [0.2, 0.25) is 5.02 Å². The molecule has 4 rings (SSSR count). The van der Waals surface area contributed by atoms with Gasteiger partial charge in [0.05, 0.1) is 11.9 Å². The van der Waals surface area contributed by atoms with E-state index < -0.39 is 13.3 Å². The second-order valence-corrected chi connectivity index (χ2v) is 14.3. The number of hydrogen-bond acceptors (Lipinski definition) is 6. The van der Waals surface area contributed by atoms with E-state index in [0.29, 0.717) is 29.1 Å². The van der Waals surface area contributed by atoms with E-state index in [4.69, 9.17) is 17.3 Å². The zero-order valence-corrected chi connectivity index (χ0v) is 24.1. The molecule has 1 aromatic heterocycles. The maximum Gasteiger partial charge on any atom is 0.229 e. The minimum atomic E-state index is -2.52. The standard InChI is InChI=1S/C29H38ClFN5OP/c1-19-7-14-26(27(15-19)38(2,3)37)35-28-25(30)18-33-29(36-28)34-24-13-12-21-10-8-20(9-11-22(21)16-24)5-4-6-23(31)17-32/h7,12-16,18,20,23H,4-6,8-11,17,32H2,1-3H3,(H2,33,34,35,36)/t20-,23-/m0/s1. The minimum Gasteiger partial charge on any atom is -0.338 e. The maximum absolute atomic E-state index is 13.5. The highest BCUT2D eigenvalue weighted by Crippen LogP contribution is 2.39. The van der Waals surface area contributed by atoms with Crippen LogP contribution in [0.25, 0.3) is 0 Å². The van der Waals surface area contributed by atoms with Crippen molar-refractivity contribution in [1.29, 1.82) is 0 Å². The second-order valence-electron chi connectivity index (χ2n) is 10.7. The van der Waals surface area contributed by atoms with Gasteiger partial charge in [-0.25, -0.2) is 9.37 Å². The molecule has 0 saturated heterocycles. The predicted octanol–water partition coefficient (Wildman–Crippen LogP) is 7.14. The van der Waals surface area contributed by atoms with Gasteiger partial charge < -0.3 is 20.9 Å². The Labute approximate surface area is 230 Å². The van der Waals surface area contributed by atoms with Crippen LogP contribution in [0, 0.1) is 12.8 Å². The highest BCUT2D eigenvalue weighted by atomic mass is 35.5. The second kappa shape index (κ2) is 12.6. The molecule has 6 nitrogen and oxygen atoms in total. The van der Waals surface area contributed by atoms with Gasteiger partial charge in [0, 0.05) is 17.5 Å². The molecule has 1 aliphatic rings. The molecule has 0 bridgehead atoms. The molecule has 1 heterocycles. The van der Waals surface area contributed by atoms with Gasteiger partial charge in [-0.3, -0.25) is 0 Å². The van der Waals surface area contributed by atoms with Crippen LogP contribution in [0.5, 0.6) is 0 Å². The van der Waals surface area contributed by atoms with Gasteiger partial charge in [0.25, 0.3) is 0 Å². The topological polar surface area (TPSA) is 92.9 Å². The lowest BCUT2D eigenvalue weighted by Crippen LogP contribution is -2.15. The fourth-order valence-corrected chi connectivity index (χ4v) is 6.41. The third kappa shape index (κ3) is 7.56. The molecule has 4 N–H and O–H groups in total. The summed E-state index contributed by atoms with van der Waals surface area (Å²) in [6.45, 7) is 5.60. The van der Waals surface area contributed by atoms with Crippen molar-refractivity contribution in [2.45, 2.75) is 58.0 Å². The Bertz CT molecular complexity index is 1310. The first kappa shape index (κ1) is 28.5. The lowest BCUT2D eigenvalue weighted by molar-refractivity contribution is 0.298.